The Bertz CT molecular complexity index is 482. The molecule has 1 amide bonds. The van der Waals surface area contributed by atoms with Crippen LogP contribution in [-0.2, 0) is 6.42 Å². The van der Waals surface area contributed by atoms with Gasteiger partial charge in [-0.3, -0.25) is 4.79 Å². The summed E-state index contributed by atoms with van der Waals surface area (Å²) in [7, 11) is 0. The van der Waals surface area contributed by atoms with Crippen molar-refractivity contribution in [3.63, 3.8) is 0 Å². The van der Waals surface area contributed by atoms with Crippen LogP contribution in [0.1, 0.15) is 49.7 Å². The molecule has 4 nitrogen and oxygen atoms in total. The molecule has 4 heteroatoms. The van der Waals surface area contributed by atoms with Crippen molar-refractivity contribution in [3.8, 4) is 0 Å². The Morgan fingerprint density at radius 1 is 1.47 bits per heavy atom. The van der Waals surface area contributed by atoms with E-state index >= 15 is 0 Å². The zero-order chi connectivity index (χ0) is 14.0. The number of nitrogens with two attached hydrogens (primary N) is 1. The summed E-state index contributed by atoms with van der Waals surface area (Å²) in [5.74, 6) is 0.518. The molecular weight excluding hydrogens is 238 g/mol. The Labute approximate surface area is 115 Å². The smallest absolute Gasteiger partial charge is 0.254 e. The summed E-state index contributed by atoms with van der Waals surface area (Å²) in [5.41, 5.74) is 7.60. The van der Waals surface area contributed by atoms with Gasteiger partial charge in [0.25, 0.3) is 5.91 Å². The number of carbonyl (C=O) groups excluding carboxylic acids is 1. The van der Waals surface area contributed by atoms with E-state index in [1.807, 2.05) is 11.0 Å². The standard InChI is InChI=1S/C15H23N3O/c1-4-5-12-8-11(9-13(16)17-12)14(19)18-7-6-15(2,3)10-18/h8-9H,4-7,10H2,1-3H3,(H2,16,17). The third kappa shape index (κ3) is 3.25. The Morgan fingerprint density at radius 2 is 2.21 bits per heavy atom. The summed E-state index contributed by atoms with van der Waals surface area (Å²) in [6.45, 7) is 8.14. The molecule has 1 aliphatic rings. The van der Waals surface area contributed by atoms with Crippen LogP contribution in [0, 0.1) is 5.41 Å². The molecule has 0 unspecified atom stereocenters. The maximum atomic E-state index is 12.5. The highest BCUT2D eigenvalue weighted by Gasteiger charge is 2.32. The lowest BCUT2D eigenvalue weighted by Crippen LogP contribution is -2.30. The number of nitrogen functional groups attached to an aromatic ring is 1. The van der Waals surface area contributed by atoms with E-state index in [9.17, 15) is 4.79 Å². The van der Waals surface area contributed by atoms with Gasteiger partial charge in [0.15, 0.2) is 0 Å². The minimum absolute atomic E-state index is 0.0806. The first kappa shape index (κ1) is 13.8. The number of nitrogens with zero attached hydrogens (tertiary/aromatic N) is 2. The van der Waals surface area contributed by atoms with Crippen LogP contribution in [0.4, 0.5) is 5.82 Å². The number of hydrogen-bond acceptors (Lipinski definition) is 3. The van der Waals surface area contributed by atoms with Gasteiger partial charge in [0.2, 0.25) is 0 Å². The molecule has 1 aliphatic heterocycles. The van der Waals surface area contributed by atoms with E-state index in [0.29, 0.717) is 11.4 Å². The van der Waals surface area contributed by atoms with Gasteiger partial charge in [0.1, 0.15) is 5.82 Å². The van der Waals surface area contributed by atoms with Gasteiger partial charge in [-0.05, 0) is 30.4 Å². The molecule has 0 aliphatic carbocycles. The van der Waals surface area contributed by atoms with Crippen LogP contribution >= 0.6 is 0 Å². The summed E-state index contributed by atoms with van der Waals surface area (Å²) in [6, 6.07) is 3.57. The molecule has 1 saturated heterocycles. The Hall–Kier alpha value is -1.58. The van der Waals surface area contributed by atoms with Crippen LogP contribution in [-0.4, -0.2) is 28.9 Å². The Balaban J connectivity index is 2.19. The predicted octanol–water partition coefficient (Wildman–Crippen LogP) is 2.49. The monoisotopic (exact) mass is 261 g/mol. The summed E-state index contributed by atoms with van der Waals surface area (Å²) in [4.78, 5) is 18.7. The molecule has 1 aromatic rings. The van der Waals surface area contributed by atoms with Crippen LogP contribution in [0.2, 0.25) is 0 Å². The summed E-state index contributed by atoms with van der Waals surface area (Å²) >= 11 is 0. The average molecular weight is 261 g/mol. The van der Waals surface area contributed by atoms with Gasteiger partial charge in [0, 0.05) is 24.3 Å². The first-order chi connectivity index (χ1) is 8.91. The third-order valence-corrected chi connectivity index (χ3v) is 3.62. The van der Waals surface area contributed by atoms with Crippen LogP contribution in [0.3, 0.4) is 0 Å². The SMILES string of the molecule is CCCc1cc(C(=O)N2CCC(C)(C)C2)cc(N)n1. The lowest BCUT2D eigenvalue weighted by molar-refractivity contribution is 0.0778. The maximum Gasteiger partial charge on any atom is 0.254 e. The number of hydrogen-bond donors (Lipinski definition) is 1. The van der Waals surface area contributed by atoms with Crippen LogP contribution < -0.4 is 5.73 Å². The van der Waals surface area contributed by atoms with E-state index in [-0.39, 0.29) is 11.3 Å². The van der Waals surface area contributed by atoms with Gasteiger partial charge >= 0.3 is 0 Å². The topological polar surface area (TPSA) is 59.2 Å². The summed E-state index contributed by atoms with van der Waals surface area (Å²) < 4.78 is 0. The zero-order valence-electron chi connectivity index (χ0n) is 12.1. The summed E-state index contributed by atoms with van der Waals surface area (Å²) in [5, 5.41) is 0. The van der Waals surface area contributed by atoms with Crippen molar-refractivity contribution in [3.05, 3.63) is 23.4 Å². The van der Waals surface area contributed by atoms with Crippen molar-refractivity contribution < 1.29 is 4.79 Å². The van der Waals surface area contributed by atoms with Gasteiger partial charge in [-0.25, -0.2) is 4.98 Å². The van der Waals surface area contributed by atoms with Crippen molar-refractivity contribution in [2.45, 2.75) is 40.0 Å². The van der Waals surface area contributed by atoms with E-state index in [4.69, 9.17) is 5.73 Å². The molecular formula is C15H23N3O. The molecule has 2 N–H and O–H groups in total. The quantitative estimate of drug-likeness (QED) is 0.909. The minimum Gasteiger partial charge on any atom is -0.384 e. The molecule has 2 heterocycles. The van der Waals surface area contributed by atoms with Gasteiger partial charge in [0.05, 0.1) is 0 Å². The maximum absolute atomic E-state index is 12.5. The van der Waals surface area contributed by atoms with E-state index in [0.717, 1.165) is 38.0 Å². The molecule has 104 valence electrons. The Kier molecular flexibility index (Phi) is 3.78. The van der Waals surface area contributed by atoms with E-state index in [1.54, 1.807) is 6.07 Å². The fraction of sp³-hybridized carbons (Fsp3) is 0.600. The van der Waals surface area contributed by atoms with Gasteiger partial charge in [-0.1, -0.05) is 27.2 Å². The molecule has 0 spiro atoms. The molecule has 0 aromatic carbocycles. The number of anilines is 1. The first-order valence-electron chi connectivity index (χ1n) is 6.97. The van der Waals surface area contributed by atoms with Crippen molar-refractivity contribution in [2.75, 3.05) is 18.8 Å². The fourth-order valence-corrected chi connectivity index (χ4v) is 2.59. The normalized spacial score (nSPS) is 17.7. The summed E-state index contributed by atoms with van der Waals surface area (Å²) in [6.07, 6.45) is 2.92. The number of carbonyl (C=O) groups is 1. The molecule has 0 bridgehead atoms. The predicted molar refractivity (Wildman–Crippen MR) is 76.9 cm³/mol. The molecule has 0 atom stereocenters. The van der Waals surface area contributed by atoms with Gasteiger partial charge < -0.3 is 10.6 Å². The largest absolute Gasteiger partial charge is 0.384 e. The number of amides is 1. The van der Waals surface area contributed by atoms with Gasteiger partial charge in [-0.2, -0.15) is 0 Å². The highest BCUT2D eigenvalue weighted by atomic mass is 16.2. The van der Waals surface area contributed by atoms with Crippen molar-refractivity contribution >= 4 is 11.7 Å². The zero-order valence-corrected chi connectivity index (χ0v) is 12.1. The van der Waals surface area contributed by atoms with Crippen molar-refractivity contribution in [1.29, 1.82) is 0 Å². The molecule has 2 rings (SSSR count). The molecule has 19 heavy (non-hydrogen) atoms. The number of likely N-dealkylation sites (tertiary alicyclic amines) is 1. The lowest BCUT2D eigenvalue weighted by atomic mass is 9.93. The van der Waals surface area contributed by atoms with E-state index < -0.39 is 0 Å². The Morgan fingerprint density at radius 3 is 2.79 bits per heavy atom. The second-order valence-corrected chi connectivity index (χ2v) is 6.16. The molecule has 0 radical (unpaired) electrons. The fourth-order valence-electron chi connectivity index (χ4n) is 2.59. The highest BCUT2D eigenvalue weighted by Crippen LogP contribution is 2.29. The second kappa shape index (κ2) is 5.19. The highest BCUT2D eigenvalue weighted by molar-refractivity contribution is 5.95. The third-order valence-electron chi connectivity index (χ3n) is 3.62. The molecule has 0 saturated carbocycles. The van der Waals surface area contributed by atoms with Crippen molar-refractivity contribution in [1.82, 2.24) is 9.88 Å². The molecule has 1 aromatic heterocycles. The molecule has 1 fully saturated rings. The number of rotatable bonds is 3. The average Bonchev–Trinajstić information content (AvgIpc) is 2.68. The van der Waals surface area contributed by atoms with Crippen LogP contribution in [0.5, 0.6) is 0 Å². The van der Waals surface area contributed by atoms with E-state index in [1.165, 1.54) is 0 Å². The van der Waals surface area contributed by atoms with Crippen LogP contribution in [0.25, 0.3) is 0 Å². The lowest BCUT2D eigenvalue weighted by Gasteiger charge is -2.20. The first-order valence-corrected chi connectivity index (χ1v) is 6.97. The number of aromatic nitrogens is 1. The van der Waals surface area contributed by atoms with Crippen molar-refractivity contribution in [2.24, 2.45) is 5.41 Å². The van der Waals surface area contributed by atoms with Crippen LogP contribution in [0.15, 0.2) is 12.1 Å². The number of pyridine rings is 1. The second-order valence-electron chi connectivity index (χ2n) is 6.16. The number of aryl methyl sites for hydroxylation is 1. The van der Waals surface area contributed by atoms with E-state index in [2.05, 4.69) is 25.8 Å². The minimum atomic E-state index is 0.0806. The van der Waals surface area contributed by atoms with Gasteiger partial charge in [-0.15, -0.1) is 0 Å².